The first-order valence-electron chi connectivity index (χ1n) is 8.07. The molecular weight excluding hydrogens is 333 g/mol. The van der Waals surface area contributed by atoms with E-state index in [9.17, 15) is 22.8 Å². The molecule has 3 nitrogen and oxygen atoms in total. The zero-order chi connectivity index (χ0) is 18.8. The monoisotopic (exact) mass is 354 g/mol. The summed E-state index contributed by atoms with van der Waals surface area (Å²) in [6.07, 6.45) is -2.04. The minimum absolute atomic E-state index is 0.0152. The van der Waals surface area contributed by atoms with E-state index in [1.165, 1.54) is 24.3 Å². The molecule has 1 aromatic rings. The number of alkyl halides is 3. The average molecular weight is 354 g/mol. The van der Waals surface area contributed by atoms with E-state index in [1.54, 1.807) is 6.08 Å². The Morgan fingerprint density at radius 3 is 2.00 bits per heavy atom. The molecule has 0 heterocycles. The van der Waals surface area contributed by atoms with E-state index in [2.05, 4.69) is 4.74 Å². The van der Waals surface area contributed by atoms with Gasteiger partial charge in [-0.1, -0.05) is 39.0 Å². The van der Waals surface area contributed by atoms with Crippen LogP contribution in [0.5, 0.6) is 5.75 Å². The van der Waals surface area contributed by atoms with Crippen LogP contribution in [0.3, 0.4) is 0 Å². The Hall–Kier alpha value is -2.11. The standard InChI is InChI=1S/C19H21F3O3/c1-18(2,3)9-8-15-16(23)10-13(11-17(15)24)12-4-6-14(7-5-12)25-19(20,21)22/h4-8,13H,9-11H2,1-3H3. The maximum Gasteiger partial charge on any atom is 0.573 e. The first-order valence-corrected chi connectivity index (χ1v) is 8.07. The van der Waals surface area contributed by atoms with Gasteiger partial charge in [0.1, 0.15) is 5.75 Å². The predicted molar refractivity (Wildman–Crippen MR) is 87.3 cm³/mol. The molecule has 0 unspecified atom stereocenters. The van der Waals surface area contributed by atoms with Crippen LogP contribution in [-0.2, 0) is 9.59 Å². The number of Topliss-reactive ketones (excluding diaryl/α,β-unsaturated/α-hetero) is 2. The average Bonchev–Trinajstić information content (AvgIpc) is 2.44. The predicted octanol–water partition coefficient (Wildman–Crippen LogP) is 4.96. The molecule has 25 heavy (non-hydrogen) atoms. The molecule has 0 N–H and O–H groups in total. The number of carbonyl (C=O) groups excluding carboxylic acids is 2. The van der Waals surface area contributed by atoms with Gasteiger partial charge in [-0.15, -0.1) is 13.2 Å². The molecule has 0 aliphatic heterocycles. The van der Waals surface area contributed by atoms with Gasteiger partial charge in [0.15, 0.2) is 11.6 Å². The fraction of sp³-hybridized carbons (Fsp3) is 0.474. The van der Waals surface area contributed by atoms with E-state index < -0.39 is 6.36 Å². The molecule has 1 aromatic carbocycles. The first-order chi connectivity index (χ1) is 11.4. The number of hydrogen-bond acceptors (Lipinski definition) is 3. The van der Waals surface area contributed by atoms with Gasteiger partial charge >= 0.3 is 6.36 Å². The van der Waals surface area contributed by atoms with Gasteiger partial charge in [-0.25, -0.2) is 0 Å². The molecule has 1 saturated carbocycles. The summed E-state index contributed by atoms with van der Waals surface area (Å²) in [5, 5.41) is 0. The number of rotatable bonds is 3. The van der Waals surface area contributed by atoms with Crippen molar-refractivity contribution in [3.8, 4) is 5.75 Å². The third-order valence-electron chi connectivity index (χ3n) is 3.97. The minimum atomic E-state index is -4.75. The van der Waals surface area contributed by atoms with Crippen LogP contribution in [0.15, 0.2) is 35.9 Å². The van der Waals surface area contributed by atoms with Crippen molar-refractivity contribution in [2.24, 2.45) is 5.41 Å². The third-order valence-corrected chi connectivity index (χ3v) is 3.97. The fourth-order valence-corrected chi connectivity index (χ4v) is 2.71. The summed E-state index contributed by atoms with van der Waals surface area (Å²) in [6, 6.07) is 5.33. The quantitative estimate of drug-likeness (QED) is 0.569. The molecule has 0 spiro atoms. The number of carbonyl (C=O) groups is 2. The van der Waals surface area contributed by atoms with Crippen molar-refractivity contribution in [3.05, 3.63) is 41.5 Å². The van der Waals surface area contributed by atoms with Crippen molar-refractivity contribution in [2.45, 2.75) is 52.3 Å². The second kappa shape index (κ2) is 7.02. The van der Waals surface area contributed by atoms with Gasteiger partial charge in [-0.3, -0.25) is 9.59 Å². The summed E-state index contributed by atoms with van der Waals surface area (Å²) in [4.78, 5) is 24.6. The molecule has 6 heteroatoms. The van der Waals surface area contributed by atoms with Crippen LogP contribution >= 0.6 is 0 Å². The Labute approximate surface area is 144 Å². The molecular formula is C19H21F3O3. The number of benzene rings is 1. The minimum Gasteiger partial charge on any atom is -0.406 e. The Kier molecular flexibility index (Phi) is 5.40. The van der Waals surface area contributed by atoms with Crippen molar-refractivity contribution >= 4 is 11.6 Å². The smallest absolute Gasteiger partial charge is 0.406 e. The number of halogens is 3. The Morgan fingerprint density at radius 1 is 1.04 bits per heavy atom. The van der Waals surface area contributed by atoms with Gasteiger partial charge in [0.05, 0.1) is 5.57 Å². The molecule has 0 saturated heterocycles. The second-order valence-corrected chi connectivity index (χ2v) is 7.45. The lowest BCUT2D eigenvalue weighted by atomic mass is 9.79. The molecule has 2 rings (SSSR count). The highest BCUT2D eigenvalue weighted by atomic mass is 19.4. The third kappa shape index (κ3) is 5.73. The van der Waals surface area contributed by atoms with Crippen LogP contribution in [0.4, 0.5) is 13.2 Å². The fourth-order valence-electron chi connectivity index (χ4n) is 2.71. The summed E-state index contributed by atoms with van der Waals surface area (Å²) < 4.78 is 40.4. The molecule has 1 aliphatic rings. The van der Waals surface area contributed by atoms with E-state index in [0.717, 1.165) is 0 Å². The zero-order valence-corrected chi connectivity index (χ0v) is 14.4. The van der Waals surface area contributed by atoms with Crippen molar-refractivity contribution < 1.29 is 27.5 Å². The van der Waals surface area contributed by atoms with Crippen LogP contribution in [0, 0.1) is 5.41 Å². The van der Waals surface area contributed by atoms with E-state index in [0.29, 0.717) is 12.0 Å². The molecule has 0 radical (unpaired) electrons. The number of ketones is 2. The molecule has 136 valence electrons. The van der Waals surface area contributed by atoms with Crippen molar-refractivity contribution in [1.29, 1.82) is 0 Å². The van der Waals surface area contributed by atoms with Crippen molar-refractivity contribution in [1.82, 2.24) is 0 Å². The normalized spacial score (nSPS) is 19.1. The van der Waals surface area contributed by atoms with E-state index in [-0.39, 0.29) is 47.1 Å². The first kappa shape index (κ1) is 19.2. The maximum atomic E-state index is 12.3. The van der Waals surface area contributed by atoms with Crippen LogP contribution in [0.1, 0.15) is 51.5 Å². The molecule has 0 bridgehead atoms. The highest BCUT2D eigenvalue weighted by Gasteiger charge is 2.33. The van der Waals surface area contributed by atoms with Crippen LogP contribution < -0.4 is 4.74 Å². The Balaban J connectivity index is 2.09. The summed E-state index contributed by atoms with van der Waals surface area (Å²) in [7, 11) is 0. The van der Waals surface area contributed by atoms with Gasteiger partial charge in [0.2, 0.25) is 0 Å². The number of hydrogen-bond donors (Lipinski definition) is 0. The maximum absolute atomic E-state index is 12.3. The number of allylic oxidation sites excluding steroid dienone is 2. The van der Waals surface area contributed by atoms with E-state index >= 15 is 0 Å². The summed E-state index contributed by atoms with van der Waals surface area (Å²) in [6.45, 7) is 6.07. The largest absolute Gasteiger partial charge is 0.573 e. The lowest BCUT2D eigenvalue weighted by Gasteiger charge is -2.23. The zero-order valence-electron chi connectivity index (χ0n) is 14.4. The van der Waals surface area contributed by atoms with Gasteiger partial charge in [-0.05, 0) is 35.4 Å². The Bertz CT molecular complexity index is 659. The highest BCUT2D eigenvalue weighted by molar-refractivity contribution is 6.22. The SMILES string of the molecule is CC(C)(C)CC=C1C(=O)CC(c2ccc(OC(F)(F)F)cc2)CC1=O. The highest BCUT2D eigenvalue weighted by Crippen LogP contribution is 2.34. The Morgan fingerprint density at radius 2 is 1.56 bits per heavy atom. The topological polar surface area (TPSA) is 43.4 Å². The van der Waals surface area contributed by atoms with Gasteiger partial charge in [-0.2, -0.15) is 0 Å². The van der Waals surface area contributed by atoms with E-state index in [1.807, 2.05) is 20.8 Å². The summed E-state index contributed by atoms with van der Waals surface area (Å²) in [5.74, 6) is -1.05. The second-order valence-electron chi connectivity index (χ2n) is 7.45. The van der Waals surface area contributed by atoms with Crippen LogP contribution in [-0.4, -0.2) is 17.9 Å². The lowest BCUT2D eigenvalue weighted by molar-refractivity contribution is -0.274. The van der Waals surface area contributed by atoms with E-state index in [4.69, 9.17) is 0 Å². The molecule has 0 aromatic heterocycles. The molecule has 0 atom stereocenters. The summed E-state index contributed by atoms with van der Waals surface area (Å²) >= 11 is 0. The lowest BCUT2D eigenvalue weighted by Crippen LogP contribution is -2.25. The summed E-state index contributed by atoms with van der Waals surface area (Å²) in [5.41, 5.74) is 0.896. The molecule has 1 aliphatic carbocycles. The number of ether oxygens (including phenoxy) is 1. The van der Waals surface area contributed by atoms with Crippen LogP contribution in [0.25, 0.3) is 0 Å². The van der Waals surface area contributed by atoms with Gasteiger partial charge in [0, 0.05) is 12.8 Å². The van der Waals surface area contributed by atoms with Crippen LogP contribution in [0.2, 0.25) is 0 Å². The van der Waals surface area contributed by atoms with Gasteiger partial charge in [0.25, 0.3) is 0 Å². The molecule has 1 fully saturated rings. The molecule has 0 amide bonds. The van der Waals surface area contributed by atoms with Crippen molar-refractivity contribution in [3.63, 3.8) is 0 Å². The van der Waals surface area contributed by atoms with Crippen molar-refractivity contribution in [2.75, 3.05) is 0 Å². The van der Waals surface area contributed by atoms with Gasteiger partial charge < -0.3 is 4.74 Å².